The molecule has 0 bridgehead atoms. The highest BCUT2D eigenvalue weighted by atomic mass is 14.8. The van der Waals surface area contributed by atoms with E-state index in [1.165, 1.54) is 6.20 Å². The minimum Gasteiger partial charge on any atom is -0.405 e. The molecule has 66 valence electrons. The average Bonchev–Trinajstić information content (AvgIpc) is 2.19. The standard InChI is InChI=1S/C8H6N2.C2H5N/c1-2-4-8-7(3-1)5-9-6-10-8;1-2-3/h1-6H;2H,1,3H2. The molecule has 0 amide bonds. The highest BCUT2D eigenvalue weighted by molar-refractivity contribution is 5.76. The summed E-state index contributed by atoms with van der Waals surface area (Å²) in [5, 5.41) is 1.09. The fourth-order valence-corrected chi connectivity index (χ4v) is 0.923. The van der Waals surface area contributed by atoms with Crippen LogP contribution in [0.25, 0.3) is 10.9 Å². The van der Waals surface area contributed by atoms with Crippen LogP contribution < -0.4 is 5.73 Å². The molecule has 3 heteroatoms. The minimum absolute atomic E-state index is 0.998. The molecule has 0 spiro atoms. The third kappa shape index (κ3) is 2.56. The van der Waals surface area contributed by atoms with E-state index in [9.17, 15) is 0 Å². The number of para-hydroxylation sites is 1. The van der Waals surface area contributed by atoms with Gasteiger partial charge in [0, 0.05) is 11.6 Å². The highest BCUT2D eigenvalue weighted by Crippen LogP contribution is 2.06. The zero-order chi connectivity index (χ0) is 9.52. The summed E-state index contributed by atoms with van der Waals surface area (Å²) in [4.78, 5) is 7.97. The Morgan fingerprint density at radius 2 is 2.00 bits per heavy atom. The second kappa shape index (κ2) is 4.87. The van der Waals surface area contributed by atoms with Crippen molar-refractivity contribution in [2.24, 2.45) is 5.73 Å². The van der Waals surface area contributed by atoms with Gasteiger partial charge in [0.1, 0.15) is 6.33 Å². The molecule has 2 aromatic rings. The minimum atomic E-state index is 0.998. The normalized spacial score (nSPS) is 8.62. The van der Waals surface area contributed by atoms with Crippen LogP contribution in [0, 0.1) is 0 Å². The molecule has 0 atom stereocenters. The second-order valence-electron chi connectivity index (χ2n) is 2.32. The Morgan fingerprint density at radius 3 is 2.69 bits per heavy atom. The van der Waals surface area contributed by atoms with Crippen molar-refractivity contribution in [2.75, 3.05) is 0 Å². The van der Waals surface area contributed by atoms with E-state index in [1.807, 2.05) is 30.5 Å². The number of nitrogens with two attached hydrogens (primary N) is 1. The third-order valence-electron chi connectivity index (χ3n) is 1.41. The lowest BCUT2D eigenvalue weighted by molar-refractivity contribution is 1.22. The van der Waals surface area contributed by atoms with Gasteiger partial charge in [-0.15, -0.1) is 0 Å². The predicted octanol–water partition coefficient (Wildman–Crippen LogP) is 1.72. The summed E-state index contributed by atoms with van der Waals surface area (Å²) in [7, 11) is 0. The summed E-state index contributed by atoms with van der Waals surface area (Å²) < 4.78 is 0. The first-order chi connectivity index (χ1) is 6.38. The molecule has 0 saturated carbocycles. The van der Waals surface area contributed by atoms with E-state index < -0.39 is 0 Å². The quantitative estimate of drug-likeness (QED) is 0.660. The van der Waals surface area contributed by atoms with Gasteiger partial charge in [-0.2, -0.15) is 0 Å². The Balaban J connectivity index is 0.000000251. The number of nitrogens with zero attached hydrogens (tertiary/aromatic N) is 2. The van der Waals surface area contributed by atoms with Gasteiger partial charge in [0.05, 0.1) is 5.52 Å². The van der Waals surface area contributed by atoms with Crippen molar-refractivity contribution in [3.8, 4) is 0 Å². The van der Waals surface area contributed by atoms with Crippen LogP contribution in [0.2, 0.25) is 0 Å². The van der Waals surface area contributed by atoms with Crippen LogP contribution in [-0.2, 0) is 0 Å². The Bertz CT molecular complexity index is 319. The molecule has 1 heterocycles. The summed E-state index contributed by atoms with van der Waals surface area (Å²) in [6, 6.07) is 7.91. The lowest BCUT2D eigenvalue weighted by Gasteiger charge is -1.90. The van der Waals surface area contributed by atoms with E-state index in [-0.39, 0.29) is 0 Å². The van der Waals surface area contributed by atoms with E-state index in [1.54, 1.807) is 6.33 Å². The van der Waals surface area contributed by atoms with E-state index in [0.29, 0.717) is 0 Å². The summed E-state index contributed by atoms with van der Waals surface area (Å²) in [5.74, 6) is 0. The molecule has 0 aliphatic rings. The fourth-order valence-electron chi connectivity index (χ4n) is 0.923. The number of benzene rings is 1. The molecule has 13 heavy (non-hydrogen) atoms. The molecular formula is C10H11N3. The molecule has 2 N–H and O–H groups in total. The van der Waals surface area contributed by atoms with Gasteiger partial charge in [-0.25, -0.2) is 9.97 Å². The maximum absolute atomic E-state index is 4.61. The zero-order valence-corrected chi connectivity index (χ0v) is 7.22. The molecule has 0 aliphatic heterocycles. The Morgan fingerprint density at radius 1 is 1.31 bits per heavy atom. The van der Waals surface area contributed by atoms with Crippen molar-refractivity contribution in [3.63, 3.8) is 0 Å². The molecular weight excluding hydrogens is 162 g/mol. The average molecular weight is 173 g/mol. The monoisotopic (exact) mass is 173 g/mol. The van der Waals surface area contributed by atoms with Gasteiger partial charge >= 0.3 is 0 Å². The van der Waals surface area contributed by atoms with Crippen molar-refractivity contribution in [3.05, 3.63) is 49.6 Å². The van der Waals surface area contributed by atoms with Crippen LogP contribution in [0.15, 0.2) is 49.6 Å². The lowest BCUT2D eigenvalue weighted by Crippen LogP contribution is -1.77. The van der Waals surface area contributed by atoms with E-state index in [0.717, 1.165) is 10.9 Å². The molecule has 0 saturated heterocycles. The highest BCUT2D eigenvalue weighted by Gasteiger charge is 1.87. The van der Waals surface area contributed by atoms with Gasteiger partial charge in [-0.3, -0.25) is 0 Å². The van der Waals surface area contributed by atoms with Gasteiger partial charge in [-0.1, -0.05) is 24.8 Å². The summed E-state index contributed by atoms with van der Waals surface area (Å²) in [5.41, 5.74) is 5.61. The summed E-state index contributed by atoms with van der Waals surface area (Å²) >= 11 is 0. The summed E-state index contributed by atoms with van der Waals surface area (Å²) in [6.07, 6.45) is 4.62. The molecule has 3 nitrogen and oxygen atoms in total. The SMILES string of the molecule is C=CN.c1ccc2ncncc2c1. The van der Waals surface area contributed by atoms with Crippen molar-refractivity contribution in [1.29, 1.82) is 0 Å². The number of rotatable bonds is 0. The number of aromatic nitrogens is 2. The molecule has 0 aliphatic carbocycles. The van der Waals surface area contributed by atoms with Crippen molar-refractivity contribution in [1.82, 2.24) is 9.97 Å². The molecule has 1 aromatic carbocycles. The Kier molecular flexibility index (Phi) is 3.45. The van der Waals surface area contributed by atoms with Crippen LogP contribution in [-0.4, -0.2) is 9.97 Å². The largest absolute Gasteiger partial charge is 0.405 e. The van der Waals surface area contributed by atoms with Crippen LogP contribution in [0.1, 0.15) is 0 Å². The van der Waals surface area contributed by atoms with Gasteiger partial charge in [0.2, 0.25) is 0 Å². The van der Waals surface area contributed by atoms with E-state index in [4.69, 9.17) is 0 Å². The van der Waals surface area contributed by atoms with Gasteiger partial charge in [-0.05, 0) is 12.3 Å². The maximum atomic E-state index is 4.61. The summed E-state index contributed by atoms with van der Waals surface area (Å²) in [6.45, 7) is 3.14. The third-order valence-corrected chi connectivity index (χ3v) is 1.41. The molecule has 0 unspecified atom stereocenters. The number of hydrogen-bond donors (Lipinski definition) is 1. The first-order valence-electron chi connectivity index (χ1n) is 3.86. The Labute approximate surface area is 76.9 Å². The van der Waals surface area contributed by atoms with E-state index >= 15 is 0 Å². The van der Waals surface area contributed by atoms with Gasteiger partial charge in [0.25, 0.3) is 0 Å². The van der Waals surface area contributed by atoms with E-state index in [2.05, 4.69) is 22.3 Å². The second-order valence-corrected chi connectivity index (χ2v) is 2.32. The first kappa shape index (κ1) is 9.19. The predicted molar refractivity (Wildman–Crippen MR) is 53.9 cm³/mol. The first-order valence-corrected chi connectivity index (χ1v) is 3.86. The van der Waals surface area contributed by atoms with Gasteiger partial charge < -0.3 is 5.73 Å². The number of fused-ring (bicyclic) bond motifs is 1. The molecule has 0 radical (unpaired) electrons. The van der Waals surface area contributed by atoms with Crippen LogP contribution in [0.3, 0.4) is 0 Å². The molecule has 1 aromatic heterocycles. The molecule has 2 rings (SSSR count). The maximum Gasteiger partial charge on any atom is 0.116 e. The van der Waals surface area contributed by atoms with Crippen LogP contribution >= 0.6 is 0 Å². The smallest absolute Gasteiger partial charge is 0.116 e. The van der Waals surface area contributed by atoms with Gasteiger partial charge in [0.15, 0.2) is 0 Å². The number of hydrogen-bond acceptors (Lipinski definition) is 3. The topological polar surface area (TPSA) is 51.8 Å². The zero-order valence-electron chi connectivity index (χ0n) is 7.22. The van der Waals surface area contributed by atoms with Crippen LogP contribution in [0.4, 0.5) is 0 Å². The van der Waals surface area contributed by atoms with Crippen molar-refractivity contribution in [2.45, 2.75) is 0 Å². The lowest BCUT2D eigenvalue weighted by atomic mass is 10.2. The van der Waals surface area contributed by atoms with Crippen molar-refractivity contribution < 1.29 is 0 Å². The fraction of sp³-hybridized carbons (Fsp3) is 0. The van der Waals surface area contributed by atoms with Crippen molar-refractivity contribution >= 4 is 10.9 Å². The molecule has 0 fully saturated rings. The Hall–Kier alpha value is -1.90. The van der Waals surface area contributed by atoms with Crippen LogP contribution in [0.5, 0.6) is 0 Å².